The molecule has 0 spiro atoms. The fourth-order valence-electron chi connectivity index (χ4n) is 2.52. The molecule has 0 amide bonds. The summed E-state index contributed by atoms with van der Waals surface area (Å²) in [5.41, 5.74) is 0.980. The number of piperidine rings is 1. The molecule has 94 valence electrons. The van der Waals surface area contributed by atoms with E-state index in [1.54, 1.807) is 19.2 Å². The van der Waals surface area contributed by atoms with Gasteiger partial charge in [0.15, 0.2) is 0 Å². The quantitative estimate of drug-likeness (QED) is 0.872. The van der Waals surface area contributed by atoms with E-state index in [1.165, 1.54) is 12.5 Å². The maximum atomic E-state index is 13.3. The minimum Gasteiger partial charge on any atom is -0.496 e. The molecule has 1 aromatic carbocycles. The first-order valence-electron chi connectivity index (χ1n) is 6.24. The molecule has 0 aromatic heterocycles. The van der Waals surface area contributed by atoms with E-state index >= 15 is 0 Å². The Morgan fingerprint density at radius 2 is 2.29 bits per heavy atom. The zero-order valence-electron chi connectivity index (χ0n) is 10.5. The number of halogens is 1. The van der Waals surface area contributed by atoms with Gasteiger partial charge in [0.2, 0.25) is 0 Å². The highest BCUT2D eigenvalue weighted by Gasteiger charge is 2.22. The molecule has 1 aliphatic rings. The summed E-state index contributed by atoms with van der Waals surface area (Å²) in [7, 11) is 1.64. The normalized spacial score (nSPS) is 24.6. The molecule has 0 bridgehead atoms. The van der Waals surface area contributed by atoms with Crippen LogP contribution in [0.4, 0.5) is 4.39 Å². The Morgan fingerprint density at radius 3 is 3.00 bits per heavy atom. The van der Waals surface area contributed by atoms with Crippen molar-refractivity contribution in [3.63, 3.8) is 0 Å². The van der Waals surface area contributed by atoms with E-state index in [-0.39, 0.29) is 5.82 Å². The van der Waals surface area contributed by atoms with Crippen LogP contribution in [0.1, 0.15) is 18.9 Å². The highest BCUT2D eigenvalue weighted by atomic mass is 19.1. The Hall–Kier alpha value is -1.09. The molecule has 1 heterocycles. The fraction of sp³-hybridized carbons (Fsp3) is 0.571. The second-order valence-corrected chi connectivity index (χ2v) is 4.89. The second kappa shape index (κ2) is 5.50. The van der Waals surface area contributed by atoms with Crippen LogP contribution < -0.4 is 10.1 Å². The number of hydrogen-bond donors (Lipinski definition) is 1. The summed E-state index contributed by atoms with van der Waals surface area (Å²) in [6, 6.07) is 4.76. The lowest BCUT2D eigenvalue weighted by Gasteiger charge is -2.30. The average molecular weight is 237 g/mol. The standard InChI is InChI=1S/C14H20FNO/c1-10-5-6-16-9-12(10)7-11-8-13(15)3-4-14(11)17-2/h3-4,8,10,12,16H,5-7,9H2,1-2H3. The highest BCUT2D eigenvalue weighted by Crippen LogP contribution is 2.27. The summed E-state index contributed by atoms with van der Waals surface area (Å²) in [5.74, 6) is 1.87. The van der Waals surface area contributed by atoms with Crippen LogP contribution in [0, 0.1) is 17.7 Å². The Morgan fingerprint density at radius 1 is 1.47 bits per heavy atom. The van der Waals surface area contributed by atoms with Gasteiger partial charge < -0.3 is 10.1 Å². The van der Waals surface area contributed by atoms with E-state index in [1.807, 2.05) is 0 Å². The molecule has 3 heteroatoms. The van der Waals surface area contributed by atoms with Gasteiger partial charge in [0.1, 0.15) is 11.6 Å². The average Bonchev–Trinajstić information content (AvgIpc) is 2.32. The molecule has 0 saturated carbocycles. The van der Waals surface area contributed by atoms with Crippen molar-refractivity contribution in [3.05, 3.63) is 29.6 Å². The molecule has 1 aromatic rings. The van der Waals surface area contributed by atoms with Crippen molar-refractivity contribution in [2.45, 2.75) is 19.8 Å². The van der Waals surface area contributed by atoms with Crippen molar-refractivity contribution in [2.75, 3.05) is 20.2 Å². The number of rotatable bonds is 3. The molecular formula is C14H20FNO. The summed E-state index contributed by atoms with van der Waals surface area (Å²) < 4.78 is 18.6. The van der Waals surface area contributed by atoms with Gasteiger partial charge >= 0.3 is 0 Å². The first-order valence-corrected chi connectivity index (χ1v) is 6.24. The number of benzene rings is 1. The molecule has 2 atom stereocenters. The first kappa shape index (κ1) is 12.4. The SMILES string of the molecule is COc1ccc(F)cc1CC1CNCCC1C. The molecule has 0 aliphatic carbocycles. The Labute approximate surface area is 102 Å². The largest absolute Gasteiger partial charge is 0.496 e. The number of nitrogens with one attached hydrogen (secondary N) is 1. The van der Waals surface area contributed by atoms with Crippen LogP contribution in [0.5, 0.6) is 5.75 Å². The zero-order valence-corrected chi connectivity index (χ0v) is 10.5. The third kappa shape index (κ3) is 2.97. The van der Waals surface area contributed by atoms with E-state index in [4.69, 9.17) is 4.74 Å². The van der Waals surface area contributed by atoms with E-state index in [0.29, 0.717) is 11.8 Å². The Balaban J connectivity index is 2.13. The van der Waals surface area contributed by atoms with Crippen LogP contribution in [-0.4, -0.2) is 20.2 Å². The van der Waals surface area contributed by atoms with E-state index in [9.17, 15) is 4.39 Å². The summed E-state index contributed by atoms with van der Waals surface area (Å²) in [6.45, 7) is 4.38. The number of methoxy groups -OCH3 is 1. The number of hydrogen-bond acceptors (Lipinski definition) is 2. The van der Waals surface area contributed by atoms with Crippen LogP contribution in [0.15, 0.2) is 18.2 Å². The van der Waals surface area contributed by atoms with Crippen molar-refractivity contribution in [3.8, 4) is 5.75 Å². The van der Waals surface area contributed by atoms with Gasteiger partial charge in [-0.3, -0.25) is 0 Å². The molecule has 2 nitrogen and oxygen atoms in total. The van der Waals surface area contributed by atoms with Crippen LogP contribution in [-0.2, 0) is 6.42 Å². The molecule has 1 saturated heterocycles. The third-order valence-corrected chi connectivity index (χ3v) is 3.71. The molecule has 0 radical (unpaired) electrons. The maximum Gasteiger partial charge on any atom is 0.123 e. The molecule has 1 fully saturated rings. The van der Waals surface area contributed by atoms with Crippen molar-refractivity contribution in [2.24, 2.45) is 11.8 Å². The van der Waals surface area contributed by atoms with Gasteiger partial charge in [-0.05, 0) is 61.5 Å². The van der Waals surface area contributed by atoms with Crippen LogP contribution in [0.3, 0.4) is 0 Å². The van der Waals surface area contributed by atoms with Gasteiger partial charge in [-0.15, -0.1) is 0 Å². The van der Waals surface area contributed by atoms with E-state index < -0.39 is 0 Å². The smallest absolute Gasteiger partial charge is 0.123 e. The molecule has 17 heavy (non-hydrogen) atoms. The summed E-state index contributed by atoms with van der Waals surface area (Å²) in [4.78, 5) is 0. The lowest BCUT2D eigenvalue weighted by molar-refractivity contribution is 0.270. The Bertz CT molecular complexity index is 380. The van der Waals surface area contributed by atoms with E-state index in [0.717, 1.165) is 30.8 Å². The number of ether oxygens (including phenoxy) is 1. The molecule has 1 aliphatic heterocycles. The van der Waals surface area contributed by atoms with Crippen LogP contribution in [0.2, 0.25) is 0 Å². The molecular weight excluding hydrogens is 217 g/mol. The van der Waals surface area contributed by atoms with Crippen molar-refractivity contribution < 1.29 is 9.13 Å². The van der Waals surface area contributed by atoms with Crippen molar-refractivity contribution >= 4 is 0 Å². The van der Waals surface area contributed by atoms with Gasteiger partial charge in [0.25, 0.3) is 0 Å². The predicted octanol–water partition coefficient (Wildman–Crippen LogP) is 2.62. The molecule has 2 rings (SSSR count). The Kier molecular flexibility index (Phi) is 4.00. The predicted molar refractivity (Wildman–Crippen MR) is 66.8 cm³/mol. The van der Waals surface area contributed by atoms with Gasteiger partial charge in [-0.25, -0.2) is 4.39 Å². The monoisotopic (exact) mass is 237 g/mol. The first-order chi connectivity index (χ1) is 8.20. The minimum atomic E-state index is -0.183. The van der Waals surface area contributed by atoms with Gasteiger partial charge in [-0.1, -0.05) is 6.92 Å². The van der Waals surface area contributed by atoms with Crippen LogP contribution in [0.25, 0.3) is 0 Å². The lowest BCUT2D eigenvalue weighted by Crippen LogP contribution is -2.36. The summed E-state index contributed by atoms with van der Waals surface area (Å²) in [5, 5.41) is 3.40. The zero-order chi connectivity index (χ0) is 12.3. The minimum absolute atomic E-state index is 0.183. The van der Waals surface area contributed by atoms with Crippen molar-refractivity contribution in [1.29, 1.82) is 0 Å². The second-order valence-electron chi connectivity index (χ2n) is 4.89. The third-order valence-electron chi connectivity index (χ3n) is 3.71. The van der Waals surface area contributed by atoms with Gasteiger partial charge in [0, 0.05) is 0 Å². The highest BCUT2D eigenvalue weighted by molar-refractivity contribution is 5.34. The van der Waals surface area contributed by atoms with E-state index in [2.05, 4.69) is 12.2 Å². The van der Waals surface area contributed by atoms with Crippen molar-refractivity contribution in [1.82, 2.24) is 5.32 Å². The van der Waals surface area contributed by atoms with Gasteiger partial charge in [-0.2, -0.15) is 0 Å². The summed E-state index contributed by atoms with van der Waals surface area (Å²) in [6.07, 6.45) is 2.08. The van der Waals surface area contributed by atoms with Gasteiger partial charge in [0.05, 0.1) is 7.11 Å². The fourth-order valence-corrected chi connectivity index (χ4v) is 2.52. The maximum absolute atomic E-state index is 13.3. The molecule has 1 N–H and O–H groups in total. The summed E-state index contributed by atoms with van der Waals surface area (Å²) >= 11 is 0. The molecule has 2 unspecified atom stereocenters. The van der Waals surface area contributed by atoms with Crippen LogP contribution >= 0.6 is 0 Å². The lowest BCUT2D eigenvalue weighted by atomic mass is 9.83. The topological polar surface area (TPSA) is 21.3 Å².